The topological polar surface area (TPSA) is 87.1 Å². The lowest BCUT2D eigenvalue weighted by Crippen LogP contribution is -2.38. The monoisotopic (exact) mass is 384 g/mol. The Labute approximate surface area is 164 Å². The minimum Gasteiger partial charge on any atom is -0.339 e. The van der Waals surface area contributed by atoms with E-state index in [-0.39, 0.29) is 11.5 Å². The van der Waals surface area contributed by atoms with Gasteiger partial charge in [0.25, 0.3) is 5.91 Å². The van der Waals surface area contributed by atoms with Crippen molar-refractivity contribution in [3.8, 4) is 0 Å². The second kappa shape index (κ2) is 8.26. The van der Waals surface area contributed by atoms with Gasteiger partial charge in [-0.3, -0.25) is 14.5 Å². The largest absolute Gasteiger partial charge is 0.339 e. The molecular formula is C20H28N6O2. The average molecular weight is 384 g/mol. The number of rotatable bonds is 5. The van der Waals surface area contributed by atoms with Crippen molar-refractivity contribution in [3.05, 3.63) is 45.9 Å². The van der Waals surface area contributed by atoms with E-state index in [4.69, 9.17) is 0 Å². The van der Waals surface area contributed by atoms with Gasteiger partial charge in [0, 0.05) is 37.8 Å². The summed E-state index contributed by atoms with van der Waals surface area (Å²) in [6, 6.07) is 2.98. The maximum absolute atomic E-state index is 12.6. The van der Waals surface area contributed by atoms with Crippen LogP contribution in [0.1, 0.15) is 60.5 Å². The quantitative estimate of drug-likeness (QED) is 0.846. The molecule has 1 N–H and O–H groups in total. The van der Waals surface area contributed by atoms with Crippen molar-refractivity contribution in [3.63, 3.8) is 0 Å². The predicted molar refractivity (Wildman–Crippen MR) is 105 cm³/mol. The smallest absolute Gasteiger partial charge is 0.255 e. The lowest BCUT2D eigenvalue weighted by atomic mass is 9.95. The summed E-state index contributed by atoms with van der Waals surface area (Å²) in [4.78, 5) is 30.7. The summed E-state index contributed by atoms with van der Waals surface area (Å²) in [5.74, 6) is 2.43. The molecule has 150 valence electrons. The predicted octanol–water partition coefficient (Wildman–Crippen LogP) is 1.60. The minimum atomic E-state index is -0.195. The highest BCUT2D eigenvalue weighted by Gasteiger charge is 2.28. The van der Waals surface area contributed by atoms with Gasteiger partial charge in [0.05, 0.1) is 12.1 Å². The lowest BCUT2D eigenvalue weighted by Gasteiger charge is -2.31. The molecule has 1 amide bonds. The molecule has 0 radical (unpaired) electrons. The molecule has 0 atom stereocenters. The molecule has 2 aromatic heterocycles. The number of carbonyl (C=O) groups is 1. The minimum absolute atomic E-state index is 0.0265. The van der Waals surface area contributed by atoms with Gasteiger partial charge in [0.1, 0.15) is 11.6 Å². The highest BCUT2D eigenvalue weighted by atomic mass is 16.2. The second-order valence-electron chi connectivity index (χ2n) is 7.71. The third-order valence-electron chi connectivity index (χ3n) is 5.91. The van der Waals surface area contributed by atoms with Crippen molar-refractivity contribution in [1.82, 2.24) is 29.5 Å². The van der Waals surface area contributed by atoms with E-state index in [1.165, 1.54) is 25.1 Å². The van der Waals surface area contributed by atoms with E-state index in [9.17, 15) is 9.59 Å². The fraction of sp³-hybridized carbons (Fsp3) is 0.600. The Hall–Kier alpha value is -2.48. The standard InChI is InChI=1S/C20H28N6O2/c1-2-26-17(14-24-9-3-4-10-24)22-23-19(26)15-7-11-25(12-8-15)20(28)16-5-6-18(27)21-13-16/h5-6,13,15H,2-4,7-12,14H2,1H3,(H,21,27). The van der Waals surface area contributed by atoms with E-state index < -0.39 is 0 Å². The lowest BCUT2D eigenvalue weighted by molar-refractivity contribution is 0.0709. The zero-order valence-corrected chi connectivity index (χ0v) is 16.4. The first-order valence-corrected chi connectivity index (χ1v) is 10.3. The Morgan fingerprint density at radius 3 is 2.54 bits per heavy atom. The van der Waals surface area contributed by atoms with Crippen LogP contribution in [0.2, 0.25) is 0 Å². The van der Waals surface area contributed by atoms with Gasteiger partial charge < -0.3 is 14.5 Å². The van der Waals surface area contributed by atoms with Gasteiger partial charge >= 0.3 is 0 Å². The Balaban J connectivity index is 1.40. The van der Waals surface area contributed by atoms with Crippen molar-refractivity contribution >= 4 is 5.91 Å². The zero-order chi connectivity index (χ0) is 19.5. The number of aromatic amines is 1. The summed E-state index contributed by atoms with van der Waals surface area (Å²) in [7, 11) is 0. The van der Waals surface area contributed by atoms with Crippen LogP contribution in [0.15, 0.2) is 23.1 Å². The molecule has 2 saturated heterocycles. The fourth-order valence-corrected chi connectivity index (χ4v) is 4.32. The molecule has 2 fully saturated rings. The van der Waals surface area contributed by atoms with Crippen LogP contribution in [0.25, 0.3) is 0 Å². The van der Waals surface area contributed by atoms with Crippen LogP contribution in [0, 0.1) is 0 Å². The van der Waals surface area contributed by atoms with Crippen LogP contribution < -0.4 is 5.56 Å². The molecule has 4 heterocycles. The summed E-state index contributed by atoms with van der Waals surface area (Å²) in [6.45, 7) is 7.59. The number of amides is 1. The SMILES string of the molecule is CCn1c(CN2CCCC2)nnc1C1CCN(C(=O)c2ccc(=O)[nH]c2)CC1. The number of piperidine rings is 1. The summed E-state index contributed by atoms with van der Waals surface area (Å²) in [6.07, 6.45) is 5.81. The van der Waals surface area contributed by atoms with Gasteiger partial charge in [-0.15, -0.1) is 10.2 Å². The number of hydrogen-bond acceptors (Lipinski definition) is 5. The molecule has 0 aromatic carbocycles. The van der Waals surface area contributed by atoms with E-state index in [2.05, 4.69) is 31.6 Å². The van der Waals surface area contributed by atoms with Crippen LogP contribution in [0.5, 0.6) is 0 Å². The highest BCUT2D eigenvalue weighted by Crippen LogP contribution is 2.28. The molecule has 0 unspecified atom stereocenters. The number of hydrogen-bond donors (Lipinski definition) is 1. The molecule has 28 heavy (non-hydrogen) atoms. The van der Waals surface area contributed by atoms with Gasteiger partial charge in [-0.2, -0.15) is 0 Å². The number of H-pyrrole nitrogens is 1. The Morgan fingerprint density at radius 2 is 1.89 bits per heavy atom. The summed E-state index contributed by atoms with van der Waals surface area (Å²) in [5.41, 5.74) is 0.335. The molecule has 0 saturated carbocycles. The molecule has 0 spiro atoms. The molecular weight excluding hydrogens is 356 g/mol. The fourth-order valence-electron chi connectivity index (χ4n) is 4.32. The third kappa shape index (κ3) is 3.87. The van der Waals surface area contributed by atoms with Crippen molar-refractivity contribution in [2.45, 2.75) is 51.6 Å². The normalized spacial score (nSPS) is 18.7. The number of nitrogens with one attached hydrogen (secondary N) is 1. The first-order valence-electron chi connectivity index (χ1n) is 10.3. The molecule has 8 nitrogen and oxygen atoms in total. The van der Waals surface area contributed by atoms with Crippen LogP contribution in [0.4, 0.5) is 0 Å². The third-order valence-corrected chi connectivity index (χ3v) is 5.91. The van der Waals surface area contributed by atoms with Crippen molar-refractivity contribution in [2.75, 3.05) is 26.2 Å². The van der Waals surface area contributed by atoms with Crippen molar-refractivity contribution < 1.29 is 4.79 Å². The van der Waals surface area contributed by atoms with E-state index in [0.29, 0.717) is 24.6 Å². The average Bonchev–Trinajstić information content (AvgIpc) is 3.38. The van der Waals surface area contributed by atoms with Gasteiger partial charge in [0.15, 0.2) is 0 Å². The number of aromatic nitrogens is 4. The van der Waals surface area contributed by atoms with Crippen LogP contribution in [-0.4, -0.2) is 61.6 Å². The molecule has 4 rings (SSSR count). The number of likely N-dealkylation sites (tertiary alicyclic amines) is 2. The van der Waals surface area contributed by atoms with E-state index in [1.807, 2.05) is 4.90 Å². The summed E-state index contributed by atoms with van der Waals surface area (Å²) >= 11 is 0. The van der Waals surface area contributed by atoms with Gasteiger partial charge in [0.2, 0.25) is 5.56 Å². The van der Waals surface area contributed by atoms with Crippen LogP contribution >= 0.6 is 0 Å². The zero-order valence-electron chi connectivity index (χ0n) is 16.4. The number of pyridine rings is 1. The van der Waals surface area contributed by atoms with E-state index in [1.54, 1.807) is 6.07 Å². The molecule has 0 aliphatic carbocycles. The van der Waals surface area contributed by atoms with E-state index >= 15 is 0 Å². The molecule has 8 heteroatoms. The molecule has 2 aliphatic heterocycles. The van der Waals surface area contributed by atoms with Crippen LogP contribution in [0.3, 0.4) is 0 Å². The second-order valence-corrected chi connectivity index (χ2v) is 7.71. The summed E-state index contributed by atoms with van der Waals surface area (Å²) in [5, 5.41) is 9.03. The first kappa shape index (κ1) is 18.9. The van der Waals surface area contributed by atoms with Crippen molar-refractivity contribution in [2.24, 2.45) is 0 Å². The van der Waals surface area contributed by atoms with E-state index in [0.717, 1.165) is 50.7 Å². The first-order chi connectivity index (χ1) is 13.7. The number of carbonyl (C=O) groups excluding carboxylic acids is 1. The van der Waals surface area contributed by atoms with Crippen LogP contribution in [-0.2, 0) is 13.1 Å². The Morgan fingerprint density at radius 1 is 1.14 bits per heavy atom. The Kier molecular flexibility index (Phi) is 5.57. The maximum atomic E-state index is 12.6. The summed E-state index contributed by atoms with van der Waals surface area (Å²) < 4.78 is 2.27. The molecule has 0 bridgehead atoms. The maximum Gasteiger partial charge on any atom is 0.255 e. The Bertz CT molecular complexity index is 855. The van der Waals surface area contributed by atoms with Gasteiger partial charge in [-0.25, -0.2) is 0 Å². The molecule has 2 aromatic rings. The number of nitrogens with zero attached hydrogens (tertiary/aromatic N) is 5. The molecule has 2 aliphatic rings. The highest BCUT2D eigenvalue weighted by molar-refractivity contribution is 5.93. The van der Waals surface area contributed by atoms with Crippen molar-refractivity contribution in [1.29, 1.82) is 0 Å². The van der Waals surface area contributed by atoms with Gasteiger partial charge in [-0.1, -0.05) is 0 Å². The van der Waals surface area contributed by atoms with Gasteiger partial charge in [-0.05, 0) is 51.8 Å².